The van der Waals surface area contributed by atoms with Gasteiger partial charge in [0.25, 0.3) is 11.8 Å². The van der Waals surface area contributed by atoms with Gasteiger partial charge >= 0.3 is 0 Å². The number of amides is 3. The van der Waals surface area contributed by atoms with E-state index in [1.54, 1.807) is 24.1 Å². The second-order valence-corrected chi connectivity index (χ2v) is 11.9. The molecular weight excluding hydrogens is 582 g/mol. The maximum absolute atomic E-state index is 13.8. The Kier molecular flexibility index (Phi) is 8.70. The van der Waals surface area contributed by atoms with Crippen LogP contribution in [0.15, 0.2) is 48.5 Å². The van der Waals surface area contributed by atoms with Crippen LogP contribution in [-0.2, 0) is 4.79 Å². The van der Waals surface area contributed by atoms with Crippen LogP contribution in [-0.4, -0.2) is 74.6 Å². The van der Waals surface area contributed by atoms with Crippen LogP contribution in [0.25, 0.3) is 11.3 Å². The van der Waals surface area contributed by atoms with Crippen LogP contribution >= 0.6 is 11.3 Å². The van der Waals surface area contributed by atoms with E-state index in [1.165, 1.54) is 0 Å². The van der Waals surface area contributed by atoms with Crippen molar-refractivity contribution in [2.75, 3.05) is 32.1 Å². The quantitative estimate of drug-likeness (QED) is 0.253. The van der Waals surface area contributed by atoms with E-state index in [0.717, 1.165) is 28.2 Å². The molecule has 3 aromatic heterocycles. The van der Waals surface area contributed by atoms with Crippen molar-refractivity contribution < 1.29 is 24.2 Å². The van der Waals surface area contributed by atoms with Crippen molar-refractivity contribution in [1.82, 2.24) is 30.4 Å². The van der Waals surface area contributed by atoms with E-state index < -0.39 is 17.2 Å². The highest BCUT2D eigenvalue weighted by atomic mass is 32.1. The third-order valence-corrected chi connectivity index (χ3v) is 8.36. The molecule has 228 valence electrons. The van der Waals surface area contributed by atoms with E-state index in [0.29, 0.717) is 35.1 Å². The van der Waals surface area contributed by atoms with Crippen molar-refractivity contribution in [3.8, 4) is 23.0 Å². The lowest BCUT2D eigenvalue weighted by atomic mass is 9.70. The molecular formula is C31H33N7O5S. The molecule has 0 radical (unpaired) electrons. The lowest BCUT2D eigenvalue weighted by molar-refractivity contribution is -0.124. The number of nitrogens with zero attached hydrogens (tertiary/aromatic N) is 5. The number of hydrogen-bond acceptors (Lipinski definition) is 10. The number of aromatic nitrogens is 4. The van der Waals surface area contributed by atoms with Gasteiger partial charge in [0.1, 0.15) is 0 Å². The molecule has 5 rings (SSSR count). The molecule has 0 aliphatic carbocycles. The normalized spacial score (nSPS) is 13.7. The number of carbonyl (C=O) groups excluding carboxylic acids is 3. The number of pyridine rings is 2. The number of nitrogens with one attached hydrogen (secondary N) is 2. The number of aliphatic hydroxyl groups excluding tert-OH is 1. The zero-order valence-corrected chi connectivity index (χ0v) is 25.9. The number of carbonyl (C=O) groups is 3. The van der Waals surface area contributed by atoms with Gasteiger partial charge in [-0.2, -0.15) is 0 Å². The first-order chi connectivity index (χ1) is 21.0. The molecule has 44 heavy (non-hydrogen) atoms. The van der Waals surface area contributed by atoms with Crippen LogP contribution in [0.1, 0.15) is 63.7 Å². The van der Waals surface area contributed by atoms with E-state index in [4.69, 9.17) is 14.8 Å². The van der Waals surface area contributed by atoms with Gasteiger partial charge in [-0.05, 0) is 38.1 Å². The van der Waals surface area contributed by atoms with Crippen molar-refractivity contribution in [2.45, 2.75) is 33.6 Å². The first-order valence-corrected chi connectivity index (χ1v) is 14.9. The summed E-state index contributed by atoms with van der Waals surface area (Å²) in [6, 6.07) is 14.8. The molecule has 1 aliphatic heterocycles. The summed E-state index contributed by atoms with van der Waals surface area (Å²) >= 11 is 0.940. The maximum Gasteiger partial charge on any atom is 0.282 e. The predicted molar refractivity (Wildman–Crippen MR) is 165 cm³/mol. The minimum atomic E-state index is -1.05. The molecule has 4 heterocycles. The van der Waals surface area contributed by atoms with Crippen LogP contribution in [0.5, 0.6) is 11.8 Å². The van der Waals surface area contributed by atoms with Crippen LogP contribution in [0, 0.1) is 12.3 Å². The molecule has 1 aromatic carbocycles. The fraction of sp³-hybridized carbons (Fsp3) is 0.323. The van der Waals surface area contributed by atoms with Gasteiger partial charge in [-0.3, -0.25) is 14.4 Å². The Balaban J connectivity index is 1.46. The second-order valence-electron chi connectivity index (χ2n) is 10.9. The van der Waals surface area contributed by atoms with Crippen LogP contribution in [0.4, 0.5) is 5.13 Å². The third-order valence-electron chi connectivity index (χ3n) is 7.53. The largest absolute Gasteiger partial charge is 0.420 e. The molecule has 3 amide bonds. The highest BCUT2D eigenvalue weighted by Gasteiger charge is 2.45. The highest BCUT2D eigenvalue weighted by molar-refractivity contribution is 7.17. The van der Waals surface area contributed by atoms with Gasteiger partial charge in [0.05, 0.1) is 17.7 Å². The van der Waals surface area contributed by atoms with Gasteiger partial charge in [-0.25, -0.2) is 9.97 Å². The van der Waals surface area contributed by atoms with Crippen molar-refractivity contribution in [3.05, 3.63) is 75.9 Å². The Hall–Kier alpha value is -4.75. The van der Waals surface area contributed by atoms with Crippen molar-refractivity contribution >= 4 is 34.2 Å². The van der Waals surface area contributed by atoms with Crippen molar-refractivity contribution in [2.24, 2.45) is 5.41 Å². The Bertz CT molecular complexity index is 1720. The Labute approximate surface area is 258 Å². The molecule has 1 atom stereocenters. The summed E-state index contributed by atoms with van der Waals surface area (Å²) in [5, 5.41) is 22.3. The van der Waals surface area contributed by atoms with Gasteiger partial charge in [0.15, 0.2) is 0 Å². The Morgan fingerprint density at radius 3 is 2.36 bits per heavy atom. The van der Waals surface area contributed by atoms with Gasteiger partial charge in [-0.15, -0.1) is 10.2 Å². The van der Waals surface area contributed by atoms with Crippen LogP contribution in [0.2, 0.25) is 0 Å². The monoisotopic (exact) mass is 615 g/mol. The van der Waals surface area contributed by atoms with Gasteiger partial charge < -0.3 is 25.4 Å². The van der Waals surface area contributed by atoms with Crippen LogP contribution in [0.3, 0.4) is 0 Å². The molecule has 1 aliphatic rings. The number of rotatable bonds is 9. The minimum Gasteiger partial charge on any atom is -0.420 e. The summed E-state index contributed by atoms with van der Waals surface area (Å²) in [6.45, 7) is 7.91. The number of anilines is 1. The van der Waals surface area contributed by atoms with Crippen LogP contribution < -0.4 is 15.4 Å². The lowest BCUT2D eigenvalue weighted by Gasteiger charge is -2.37. The average molecular weight is 616 g/mol. The molecule has 3 N–H and O–H groups in total. The molecule has 0 spiro atoms. The fourth-order valence-corrected chi connectivity index (χ4v) is 5.60. The smallest absolute Gasteiger partial charge is 0.282 e. The summed E-state index contributed by atoms with van der Waals surface area (Å²) in [7, 11) is 1.76. The summed E-state index contributed by atoms with van der Waals surface area (Å²) in [5.41, 5.74) is 3.19. The lowest BCUT2D eigenvalue weighted by Crippen LogP contribution is -2.38. The molecule has 4 aromatic rings. The number of aryl methyl sites for hydroxylation is 1. The highest BCUT2D eigenvalue weighted by Crippen LogP contribution is 2.51. The molecule has 0 saturated heterocycles. The SMILES string of the molecule is CCN(C)C(=O)c1ccc(-c2ccc3c(n2)Oc2nc(C)ccc2[C@@H]3C(C)(C)C(=O)Nc2nnc(C(=O)NCCO)s2)cc1. The standard InChI is InChI=1S/C31H33N7O5S/c1-6-38(5)28(41)19-10-8-18(9-11-19)22-14-13-21-23(20-12-7-17(2)33-25(20)43-26(21)34-22)31(3,4)29(42)35-30-37-36-27(44-30)24(40)32-15-16-39/h7-14,23,39H,6,15-16H2,1-5H3,(H,32,40)(H,35,37,42)/t23-/m0/s1. The minimum absolute atomic E-state index is 0.0584. The zero-order valence-electron chi connectivity index (χ0n) is 25.0. The van der Waals surface area contributed by atoms with Gasteiger partial charge in [0, 0.05) is 54.0 Å². The van der Waals surface area contributed by atoms with E-state index in [1.807, 2.05) is 64.1 Å². The van der Waals surface area contributed by atoms with E-state index in [9.17, 15) is 14.4 Å². The number of ether oxygens (including phenoxy) is 1. The first kappa shape index (κ1) is 30.7. The number of aliphatic hydroxyl groups is 1. The molecule has 0 fully saturated rings. The summed E-state index contributed by atoms with van der Waals surface area (Å²) in [5.74, 6) is -0.667. The predicted octanol–water partition coefficient (Wildman–Crippen LogP) is 4.02. The third kappa shape index (κ3) is 6.01. The summed E-state index contributed by atoms with van der Waals surface area (Å²) in [4.78, 5) is 49.6. The fourth-order valence-electron chi connectivity index (χ4n) is 4.94. The first-order valence-electron chi connectivity index (χ1n) is 14.1. The molecule has 0 bridgehead atoms. The second kappa shape index (κ2) is 12.5. The Morgan fingerprint density at radius 2 is 1.68 bits per heavy atom. The zero-order chi connectivity index (χ0) is 31.6. The average Bonchev–Trinajstić information content (AvgIpc) is 3.49. The maximum atomic E-state index is 13.8. The number of benzene rings is 1. The van der Waals surface area contributed by atoms with E-state index >= 15 is 0 Å². The molecule has 0 saturated carbocycles. The molecule has 12 nitrogen and oxygen atoms in total. The van der Waals surface area contributed by atoms with Gasteiger partial charge in [0.2, 0.25) is 27.8 Å². The topological polar surface area (TPSA) is 160 Å². The molecule has 13 heteroatoms. The molecule has 0 unspecified atom stereocenters. The van der Waals surface area contributed by atoms with E-state index in [-0.39, 0.29) is 35.1 Å². The van der Waals surface area contributed by atoms with Crippen molar-refractivity contribution in [3.63, 3.8) is 0 Å². The summed E-state index contributed by atoms with van der Waals surface area (Å²) in [6.07, 6.45) is 0. The number of hydrogen-bond donors (Lipinski definition) is 3. The number of fused-ring (bicyclic) bond motifs is 2. The Morgan fingerprint density at radius 1 is 1.00 bits per heavy atom. The van der Waals surface area contributed by atoms with Crippen molar-refractivity contribution in [1.29, 1.82) is 0 Å². The summed E-state index contributed by atoms with van der Waals surface area (Å²) < 4.78 is 6.22. The van der Waals surface area contributed by atoms with E-state index in [2.05, 4.69) is 25.8 Å². The van der Waals surface area contributed by atoms with Gasteiger partial charge in [-0.1, -0.05) is 49.4 Å².